The lowest BCUT2D eigenvalue weighted by molar-refractivity contribution is -0.272. The summed E-state index contributed by atoms with van der Waals surface area (Å²) >= 11 is 0. The van der Waals surface area contributed by atoms with Crippen LogP contribution in [0.2, 0.25) is 39.3 Å². The molecule has 0 spiro atoms. The van der Waals surface area contributed by atoms with Gasteiger partial charge in [-0.15, -0.1) is 0 Å². The van der Waals surface area contributed by atoms with E-state index in [1.165, 1.54) is 14.0 Å². The Bertz CT molecular complexity index is 2720. The van der Waals surface area contributed by atoms with Crippen molar-refractivity contribution < 1.29 is 80.0 Å². The molecule has 1 amide bonds. The van der Waals surface area contributed by atoms with Crippen LogP contribution in [0, 0.1) is 0 Å². The fourth-order valence-electron chi connectivity index (χ4n) is 9.72. The molecule has 7 rings (SSSR count). The lowest BCUT2D eigenvalue weighted by Gasteiger charge is -2.51. The van der Waals surface area contributed by atoms with Crippen LogP contribution in [0.25, 0.3) is 0 Å². The first-order valence-corrected chi connectivity index (χ1v) is 35.2. The van der Waals surface area contributed by atoms with Crippen LogP contribution in [0.4, 0.5) is 0 Å². The van der Waals surface area contributed by atoms with Gasteiger partial charge in [0, 0.05) is 19.8 Å². The zero-order chi connectivity index (χ0) is 59.8. The lowest BCUT2D eigenvalue weighted by atomic mass is 9.78. The SMILES string of the molecule is COC(=O)[C@@]1(CC2=C[C@H](Oc3ccc(OC)cc3)O[C@H](CO[Si](C)(C)C)[C@@H]2O[Si](C)(C)C)C[C@H](OCOCc2ccccc2)[C@@H](NC(C)=O)[C@H]([C@@H](OCOCc2ccccc2)[C@@H](COCOCc2ccccc2)OCOCc2ccccc2)O1. The van der Waals surface area contributed by atoms with Gasteiger partial charge in [0.2, 0.25) is 12.2 Å². The van der Waals surface area contributed by atoms with Crippen LogP contribution < -0.4 is 14.8 Å². The Morgan fingerprint density at radius 1 is 0.631 bits per heavy atom. The van der Waals surface area contributed by atoms with Crippen molar-refractivity contribution in [3.8, 4) is 11.5 Å². The van der Waals surface area contributed by atoms with Crippen LogP contribution >= 0.6 is 0 Å². The van der Waals surface area contributed by atoms with Gasteiger partial charge in [0.1, 0.15) is 63.1 Å². The van der Waals surface area contributed by atoms with E-state index < -0.39 is 83.1 Å². The van der Waals surface area contributed by atoms with Crippen molar-refractivity contribution in [2.24, 2.45) is 0 Å². The molecule has 1 fully saturated rings. The van der Waals surface area contributed by atoms with Gasteiger partial charge in [-0.1, -0.05) is 121 Å². The molecule has 0 saturated carbocycles. The van der Waals surface area contributed by atoms with Crippen molar-refractivity contribution in [2.75, 3.05) is 54.6 Å². The number of methoxy groups -OCH3 is 2. The summed E-state index contributed by atoms with van der Waals surface area (Å²) in [6.07, 6.45) is -5.48. The smallest absolute Gasteiger partial charge is 0.338 e. The molecular weight excluding hydrogens is 1110 g/mol. The summed E-state index contributed by atoms with van der Waals surface area (Å²) in [6, 6.07) is 44.9. The van der Waals surface area contributed by atoms with Crippen molar-refractivity contribution >= 4 is 28.5 Å². The van der Waals surface area contributed by atoms with Gasteiger partial charge in [-0.25, -0.2) is 4.79 Å². The molecule has 0 bridgehead atoms. The number of hydrogen-bond acceptors (Lipinski definition) is 17. The summed E-state index contributed by atoms with van der Waals surface area (Å²) in [6.45, 7) is 14.0. The highest BCUT2D eigenvalue weighted by atomic mass is 28.4. The number of hydrogen-bond donors (Lipinski definition) is 1. The standard InChI is InChI=1S/C64H85NO17Si2/c1-47(66)65-59-55(75-44-71-38-49-24-16-11-17-25-49)36-64(63(67)69-3,35-52-34-58(79-54-32-30-53(68-2)31-33-54)80-57(42-78-83(4,5)6)60(52)82-84(7,8)9)81-62(59)61(77-46-73-40-51-28-20-13-21-29-51)56(76-45-72-39-50-26-18-12-19-27-50)41-74-43-70-37-48-22-14-10-15-23-48/h10-34,55-62H,35-46H2,1-9H3,(H,65,66)/t55-,56+,57+,58+,59+,60+,61-,62+,64+/m0/s1. The van der Waals surface area contributed by atoms with E-state index in [1.54, 1.807) is 31.4 Å². The monoisotopic (exact) mass is 1200 g/mol. The fraction of sp³-hybridized carbons (Fsp3) is 0.469. The number of carbonyl (C=O) groups is 2. The molecule has 2 heterocycles. The van der Waals surface area contributed by atoms with Gasteiger partial charge in [0.25, 0.3) is 0 Å². The molecule has 2 aliphatic rings. The molecule has 5 aromatic carbocycles. The minimum Gasteiger partial charge on any atom is -0.497 e. The topological polar surface area (TPSA) is 185 Å². The zero-order valence-corrected chi connectivity index (χ0v) is 52.0. The highest BCUT2D eigenvalue weighted by Gasteiger charge is 2.58. The van der Waals surface area contributed by atoms with E-state index in [0.29, 0.717) is 17.1 Å². The summed E-state index contributed by atoms with van der Waals surface area (Å²) in [4.78, 5) is 29.0. The van der Waals surface area contributed by atoms with Crippen LogP contribution in [-0.2, 0) is 97.0 Å². The van der Waals surface area contributed by atoms with Gasteiger partial charge < -0.3 is 75.7 Å². The van der Waals surface area contributed by atoms with Crippen molar-refractivity contribution in [1.29, 1.82) is 0 Å². The van der Waals surface area contributed by atoms with Crippen LogP contribution in [0.1, 0.15) is 42.0 Å². The largest absolute Gasteiger partial charge is 0.497 e. The maximum absolute atomic E-state index is 15.3. The average Bonchev–Trinajstić information content (AvgIpc) is 2.04. The number of ether oxygens (including phenoxy) is 13. The highest BCUT2D eigenvalue weighted by molar-refractivity contribution is 6.70. The number of benzene rings is 5. The molecule has 5 aromatic rings. The third-order valence-corrected chi connectivity index (χ3v) is 15.6. The van der Waals surface area contributed by atoms with Crippen molar-refractivity contribution in [2.45, 2.75) is 140 Å². The van der Waals surface area contributed by atoms with Crippen LogP contribution in [0.5, 0.6) is 11.5 Å². The Labute approximate surface area is 497 Å². The Morgan fingerprint density at radius 3 is 1.64 bits per heavy atom. The van der Waals surface area contributed by atoms with Gasteiger partial charge in [-0.2, -0.15) is 0 Å². The molecule has 84 heavy (non-hydrogen) atoms. The maximum Gasteiger partial charge on any atom is 0.338 e. The summed E-state index contributed by atoms with van der Waals surface area (Å²) in [5, 5.41) is 3.13. The zero-order valence-electron chi connectivity index (χ0n) is 50.0. The third-order valence-electron chi connectivity index (χ3n) is 13.6. The van der Waals surface area contributed by atoms with Crippen molar-refractivity contribution in [1.82, 2.24) is 5.32 Å². The molecule has 20 heteroatoms. The van der Waals surface area contributed by atoms with Crippen LogP contribution in [0.3, 0.4) is 0 Å². The predicted octanol–water partition coefficient (Wildman–Crippen LogP) is 10.3. The first-order chi connectivity index (χ1) is 40.5. The van der Waals surface area contributed by atoms with Crippen molar-refractivity contribution in [3.05, 3.63) is 179 Å². The number of nitrogens with one attached hydrogen (secondary N) is 1. The minimum atomic E-state index is -2.45. The van der Waals surface area contributed by atoms with Crippen molar-refractivity contribution in [3.63, 3.8) is 0 Å². The molecule has 0 aromatic heterocycles. The molecule has 1 saturated heterocycles. The van der Waals surface area contributed by atoms with Crippen LogP contribution in [-0.4, -0.2) is 138 Å². The number of carbonyl (C=O) groups excluding carboxylic acids is 2. The van der Waals surface area contributed by atoms with E-state index in [1.807, 2.05) is 127 Å². The molecular formula is C64H85NO17Si2. The quantitative estimate of drug-likeness (QED) is 0.0133. The normalized spacial score (nSPS) is 21.7. The molecule has 456 valence electrons. The molecule has 1 N–H and O–H groups in total. The van der Waals surface area contributed by atoms with Gasteiger partial charge in [-0.05, 0) is 97.5 Å². The van der Waals surface area contributed by atoms with E-state index in [9.17, 15) is 4.79 Å². The van der Waals surface area contributed by atoms with E-state index in [4.69, 9.17) is 70.4 Å². The Balaban J connectivity index is 1.33. The van der Waals surface area contributed by atoms with Crippen LogP contribution in [0.15, 0.2) is 157 Å². The van der Waals surface area contributed by atoms with Gasteiger partial charge in [-0.3, -0.25) is 4.79 Å². The van der Waals surface area contributed by atoms with Gasteiger partial charge in [0.15, 0.2) is 22.2 Å². The lowest BCUT2D eigenvalue weighted by Crippen LogP contribution is -2.68. The Morgan fingerprint density at radius 2 is 1.14 bits per heavy atom. The molecule has 18 nitrogen and oxygen atoms in total. The first-order valence-electron chi connectivity index (χ1n) is 28.4. The van der Waals surface area contributed by atoms with E-state index >= 15 is 4.79 Å². The molecule has 0 radical (unpaired) electrons. The minimum absolute atomic E-state index is 0.134. The Hall–Kier alpha value is -5.67. The summed E-state index contributed by atoms with van der Waals surface area (Å²) < 4.78 is 97.0. The fourth-order valence-corrected chi connectivity index (χ4v) is 11.5. The highest BCUT2D eigenvalue weighted by Crippen LogP contribution is 2.43. The average molecular weight is 1200 g/mol. The first kappa shape index (κ1) is 65.9. The number of esters is 1. The second kappa shape index (κ2) is 33.3. The molecule has 2 aliphatic heterocycles. The Kier molecular flexibility index (Phi) is 26.1. The summed E-state index contributed by atoms with van der Waals surface area (Å²) in [5.41, 5.74) is 2.42. The maximum atomic E-state index is 15.3. The number of amides is 1. The van der Waals surface area contributed by atoms with Gasteiger partial charge in [0.05, 0.1) is 72.1 Å². The summed E-state index contributed by atoms with van der Waals surface area (Å²) in [7, 11) is -1.70. The van der Waals surface area contributed by atoms with E-state index in [0.717, 1.165) is 22.3 Å². The second-order valence-electron chi connectivity index (χ2n) is 22.5. The second-order valence-corrected chi connectivity index (χ2v) is 31.5. The predicted molar refractivity (Wildman–Crippen MR) is 319 cm³/mol. The van der Waals surface area contributed by atoms with Gasteiger partial charge >= 0.3 is 5.97 Å². The van der Waals surface area contributed by atoms with E-state index in [-0.39, 0.29) is 79.7 Å². The third kappa shape index (κ3) is 21.7. The molecule has 0 unspecified atom stereocenters. The number of rotatable bonds is 35. The molecule has 0 aliphatic carbocycles. The van der Waals surface area contributed by atoms with E-state index in [2.05, 4.69) is 44.6 Å². The summed E-state index contributed by atoms with van der Waals surface area (Å²) in [5.74, 6) is 0.0104. The molecule has 9 atom stereocenters.